The fourth-order valence-electron chi connectivity index (χ4n) is 4.32. The summed E-state index contributed by atoms with van der Waals surface area (Å²) in [7, 11) is 0. The lowest BCUT2D eigenvalue weighted by atomic mass is 9.83. The lowest BCUT2D eigenvalue weighted by molar-refractivity contribution is -0.112. The zero-order valence-corrected chi connectivity index (χ0v) is 18.9. The maximum atomic E-state index is 13.0. The van der Waals surface area contributed by atoms with Crippen LogP contribution >= 0.6 is 0 Å². The van der Waals surface area contributed by atoms with Crippen LogP contribution in [-0.2, 0) is 4.79 Å². The van der Waals surface area contributed by atoms with E-state index in [1.54, 1.807) is 12.3 Å². The van der Waals surface area contributed by atoms with Crippen LogP contribution in [0.25, 0.3) is 16.9 Å². The summed E-state index contributed by atoms with van der Waals surface area (Å²) in [6, 6.07) is 7.76. The largest absolute Gasteiger partial charge is 0.382 e. The number of carbonyl (C=O) groups excluding carboxylic acids is 2. The summed E-state index contributed by atoms with van der Waals surface area (Å²) in [5.74, 6) is 1.04. The minimum Gasteiger partial charge on any atom is -0.382 e. The van der Waals surface area contributed by atoms with Crippen molar-refractivity contribution >= 4 is 28.9 Å². The summed E-state index contributed by atoms with van der Waals surface area (Å²) in [6.45, 7) is 4.63. The van der Waals surface area contributed by atoms with Crippen molar-refractivity contribution in [2.75, 3.05) is 11.9 Å². The second-order valence-electron chi connectivity index (χ2n) is 8.95. The van der Waals surface area contributed by atoms with Crippen LogP contribution in [0.4, 0.5) is 5.69 Å². The third-order valence-corrected chi connectivity index (χ3v) is 6.12. The molecule has 3 aromatic rings. The number of aromatic nitrogens is 3. The molecule has 0 radical (unpaired) electrons. The maximum Gasteiger partial charge on any atom is 0.254 e. The van der Waals surface area contributed by atoms with Gasteiger partial charge in [0.1, 0.15) is 23.8 Å². The van der Waals surface area contributed by atoms with Gasteiger partial charge in [-0.15, -0.1) is 0 Å². The van der Waals surface area contributed by atoms with Gasteiger partial charge in [-0.1, -0.05) is 0 Å². The molecule has 3 aromatic heterocycles. The van der Waals surface area contributed by atoms with Crippen molar-refractivity contribution in [3.8, 4) is 11.9 Å². The smallest absolute Gasteiger partial charge is 0.254 e. The van der Waals surface area contributed by atoms with Crippen LogP contribution in [0, 0.1) is 23.2 Å². The first kappa shape index (κ1) is 22.5. The van der Waals surface area contributed by atoms with E-state index in [0.29, 0.717) is 40.7 Å². The quantitative estimate of drug-likeness (QED) is 0.535. The molecule has 0 atom stereocenters. The highest BCUT2D eigenvalue weighted by molar-refractivity contribution is 5.99. The molecule has 0 aliphatic heterocycles. The molecule has 0 bridgehead atoms. The Kier molecular flexibility index (Phi) is 6.68. The van der Waals surface area contributed by atoms with E-state index in [1.807, 2.05) is 36.7 Å². The van der Waals surface area contributed by atoms with Crippen molar-refractivity contribution in [3.63, 3.8) is 0 Å². The summed E-state index contributed by atoms with van der Waals surface area (Å²) in [4.78, 5) is 32.9. The standard InChI is InChI=1S/C25H28N6O2/c1-16(2)30-22-10-23(31-8-7-20-9-19(11-26)13-28-24(20)31)27-14-21(22)25(33)29-12-17-3-5-18(15-32)6-4-17/h7-10,13-18H,3-6,12H2,1-2H3,(H,27,30)(H,29,33)/t17-,18-. The second kappa shape index (κ2) is 9.82. The summed E-state index contributed by atoms with van der Waals surface area (Å²) in [6.07, 6.45) is 9.75. The van der Waals surface area contributed by atoms with E-state index in [0.717, 1.165) is 37.4 Å². The van der Waals surface area contributed by atoms with E-state index in [4.69, 9.17) is 5.26 Å². The normalized spacial score (nSPS) is 18.1. The topological polar surface area (TPSA) is 113 Å². The molecule has 8 heteroatoms. The van der Waals surface area contributed by atoms with E-state index in [2.05, 4.69) is 26.7 Å². The molecule has 1 aliphatic rings. The van der Waals surface area contributed by atoms with Crippen molar-refractivity contribution in [1.29, 1.82) is 5.26 Å². The number of carbonyl (C=O) groups is 2. The molecule has 0 spiro atoms. The number of nitrogens with one attached hydrogen (secondary N) is 2. The summed E-state index contributed by atoms with van der Waals surface area (Å²) in [5.41, 5.74) is 2.39. The number of hydrogen-bond donors (Lipinski definition) is 2. The number of nitrogens with zero attached hydrogens (tertiary/aromatic N) is 4. The van der Waals surface area contributed by atoms with Gasteiger partial charge in [-0.05, 0) is 57.6 Å². The van der Waals surface area contributed by atoms with Gasteiger partial charge >= 0.3 is 0 Å². The maximum absolute atomic E-state index is 13.0. The summed E-state index contributed by atoms with van der Waals surface area (Å²) in [5, 5.41) is 16.4. The van der Waals surface area contributed by atoms with Crippen LogP contribution in [0.3, 0.4) is 0 Å². The Morgan fingerprint density at radius 1 is 1.24 bits per heavy atom. The van der Waals surface area contributed by atoms with E-state index in [1.165, 1.54) is 6.20 Å². The Hall–Kier alpha value is -3.73. The number of nitriles is 1. The van der Waals surface area contributed by atoms with Gasteiger partial charge in [-0.2, -0.15) is 5.26 Å². The fourth-order valence-corrected chi connectivity index (χ4v) is 4.32. The number of rotatable bonds is 7. The lowest BCUT2D eigenvalue weighted by Crippen LogP contribution is -2.32. The average Bonchev–Trinajstić information content (AvgIpc) is 3.25. The fraction of sp³-hybridized carbons (Fsp3) is 0.400. The Balaban J connectivity index is 1.55. The molecule has 2 N–H and O–H groups in total. The highest BCUT2D eigenvalue weighted by atomic mass is 16.1. The van der Waals surface area contributed by atoms with E-state index < -0.39 is 0 Å². The van der Waals surface area contributed by atoms with Gasteiger partial charge in [0.2, 0.25) is 0 Å². The molecule has 0 saturated heterocycles. The molecule has 4 rings (SSSR count). The predicted octanol–water partition coefficient (Wildman–Crippen LogP) is 3.85. The first-order valence-corrected chi connectivity index (χ1v) is 11.4. The molecule has 1 aliphatic carbocycles. The predicted molar refractivity (Wildman–Crippen MR) is 126 cm³/mol. The van der Waals surface area contributed by atoms with Crippen LogP contribution in [0.15, 0.2) is 36.8 Å². The number of amides is 1. The van der Waals surface area contributed by atoms with Gasteiger partial charge in [-0.3, -0.25) is 9.36 Å². The van der Waals surface area contributed by atoms with Crippen molar-refractivity contribution in [2.45, 2.75) is 45.6 Å². The van der Waals surface area contributed by atoms with Gasteiger partial charge in [-0.25, -0.2) is 9.97 Å². The molecule has 1 amide bonds. The third kappa shape index (κ3) is 5.03. The number of aldehydes is 1. The number of fused-ring (bicyclic) bond motifs is 1. The summed E-state index contributed by atoms with van der Waals surface area (Å²) < 4.78 is 1.84. The van der Waals surface area contributed by atoms with Crippen LogP contribution in [-0.4, -0.2) is 39.3 Å². The SMILES string of the molecule is CC(C)Nc1cc(-n2ccc3cc(C#N)cnc32)ncc1C(=O)NC[C@H]1CC[C@H](C=O)CC1. The third-order valence-electron chi connectivity index (χ3n) is 6.12. The van der Waals surface area contributed by atoms with E-state index >= 15 is 0 Å². The van der Waals surface area contributed by atoms with Gasteiger partial charge in [0.25, 0.3) is 5.91 Å². The van der Waals surface area contributed by atoms with Crippen molar-refractivity contribution in [2.24, 2.45) is 11.8 Å². The molecule has 0 aromatic carbocycles. The van der Waals surface area contributed by atoms with Gasteiger partial charge in [0.05, 0.1) is 16.8 Å². The zero-order chi connectivity index (χ0) is 23.4. The highest BCUT2D eigenvalue weighted by Crippen LogP contribution is 2.27. The Labute approximate surface area is 193 Å². The van der Waals surface area contributed by atoms with E-state index in [9.17, 15) is 9.59 Å². The van der Waals surface area contributed by atoms with Crippen LogP contribution in [0.1, 0.15) is 55.5 Å². The molecule has 33 heavy (non-hydrogen) atoms. The van der Waals surface area contributed by atoms with Gasteiger partial charge in [0, 0.05) is 48.5 Å². The minimum atomic E-state index is -0.163. The average molecular weight is 445 g/mol. The molecule has 8 nitrogen and oxygen atoms in total. The van der Waals surface area contributed by atoms with Crippen LogP contribution in [0.5, 0.6) is 0 Å². The van der Waals surface area contributed by atoms with Crippen molar-refractivity contribution in [3.05, 3.63) is 47.9 Å². The highest BCUT2D eigenvalue weighted by Gasteiger charge is 2.22. The van der Waals surface area contributed by atoms with Crippen molar-refractivity contribution in [1.82, 2.24) is 19.9 Å². The zero-order valence-electron chi connectivity index (χ0n) is 18.9. The lowest BCUT2D eigenvalue weighted by Gasteiger charge is -2.25. The Bertz CT molecular complexity index is 1200. The number of hydrogen-bond acceptors (Lipinski definition) is 6. The Morgan fingerprint density at radius 3 is 2.73 bits per heavy atom. The van der Waals surface area contributed by atoms with Crippen LogP contribution in [0.2, 0.25) is 0 Å². The van der Waals surface area contributed by atoms with Gasteiger partial charge in [0.15, 0.2) is 0 Å². The molecule has 1 fully saturated rings. The first-order chi connectivity index (χ1) is 16.0. The van der Waals surface area contributed by atoms with Gasteiger partial charge < -0.3 is 15.4 Å². The Morgan fingerprint density at radius 2 is 2.03 bits per heavy atom. The van der Waals surface area contributed by atoms with Crippen LogP contribution < -0.4 is 10.6 Å². The minimum absolute atomic E-state index is 0.128. The molecular formula is C25H28N6O2. The number of anilines is 1. The first-order valence-electron chi connectivity index (χ1n) is 11.4. The molecule has 1 saturated carbocycles. The molecule has 0 unspecified atom stereocenters. The van der Waals surface area contributed by atoms with E-state index in [-0.39, 0.29) is 17.9 Å². The van der Waals surface area contributed by atoms with Crippen molar-refractivity contribution < 1.29 is 9.59 Å². The molecule has 3 heterocycles. The molecule has 170 valence electrons. The monoisotopic (exact) mass is 444 g/mol. The number of pyridine rings is 2. The second-order valence-corrected chi connectivity index (χ2v) is 8.95. The summed E-state index contributed by atoms with van der Waals surface area (Å²) >= 11 is 0. The molecular weight excluding hydrogens is 416 g/mol.